The summed E-state index contributed by atoms with van der Waals surface area (Å²) in [5.74, 6) is -0.0654. The lowest BCUT2D eigenvalue weighted by Crippen LogP contribution is -2.06. The lowest BCUT2D eigenvalue weighted by atomic mass is 10.2. The number of aromatic nitrogens is 3. The van der Waals surface area contributed by atoms with Crippen molar-refractivity contribution in [2.75, 3.05) is 7.11 Å². The molecule has 21 heavy (non-hydrogen) atoms. The molecule has 0 spiro atoms. The van der Waals surface area contributed by atoms with Gasteiger partial charge in [-0.2, -0.15) is 0 Å². The molecule has 0 unspecified atom stereocenters. The molecule has 0 saturated carbocycles. The Labute approximate surface area is 121 Å². The summed E-state index contributed by atoms with van der Waals surface area (Å²) >= 11 is 0. The molecule has 3 aromatic rings. The van der Waals surface area contributed by atoms with E-state index in [-0.39, 0.29) is 6.61 Å². The Morgan fingerprint density at radius 2 is 2.19 bits per heavy atom. The highest BCUT2D eigenvalue weighted by atomic mass is 16.5. The predicted octanol–water partition coefficient (Wildman–Crippen LogP) is 2.09. The molecule has 0 aliphatic heterocycles. The summed E-state index contributed by atoms with van der Waals surface area (Å²) in [5, 5.41) is 0. The van der Waals surface area contributed by atoms with Crippen LogP contribution in [0.3, 0.4) is 0 Å². The van der Waals surface area contributed by atoms with Crippen LogP contribution in [0, 0.1) is 0 Å². The summed E-state index contributed by atoms with van der Waals surface area (Å²) in [6.45, 7) is 0.289. The molecule has 6 heteroatoms. The lowest BCUT2D eigenvalue weighted by Gasteiger charge is -2.10. The molecule has 106 valence electrons. The van der Waals surface area contributed by atoms with Crippen molar-refractivity contribution in [1.29, 1.82) is 0 Å². The number of fused-ring (bicyclic) bond motifs is 1. The van der Waals surface area contributed by atoms with Gasteiger partial charge in [0, 0.05) is 30.4 Å². The molecule has 0 aliphatic carbocycles. The first-order chi connectivity index (χ1) is 10.3. The molecule has 3 rings (SSSR count). The monoisotopic (exact) mass is 283 g/mol. The molecule has 0 atom stereocenters. The molecule has 0 radical (unpaired) electrons. The zero-order valence-electron chi connectivity index (χ0n) is 11.4. The highest BCUT2D eigenvalue weighted by molar-refractivity contribution is 5.92. The van der Waals surface area contributed by atoms with Gasteiger partial charge in [0.1, 0.15) is 17.8 Å². The van der Waals surface area contributed by atoms with Crippen LogP contribution >= 0.6 is 0 Å². The maximum atomic E-state index is 11.7. The maximum absolute atomic E-state index is 11.7. The Balaban J connectivity index is 1.85. The van der Waals surface area contributed by atoms with E-state index in [0.29, 0.717) is 11.3 Å². The van der Waals surface area contributed by atoms with Crippen LogP contribution in [0.5, 0.6) is 5.75 Å². The molecular weight excluding hydrogens is 270 g/mol. The quantitative estimate of drug-likeness (QED) is 0.686. The maximum Gasteiger partial charge on any atom is 0.341 e. The van der Waals surface area contributed by atoms with Crippen molar-refractivity contribution in [3.63, 3.8) is 0 Å². The molecule has 3 aromatic heterocycles. The van der Waals surface area contributed by atoms with Crippen LogP contribution < -0.4 is 4.74 Å². The van der Waals surface area contributed by atoms with E-state index in [1.54, 1.807) is 12.3 Å². The molecule has 0 N–H and O–H groups in total. The van der Waals surface area contributed by atoms with Gasteiger partial charge in [-0.05, 0) is 12.1 Å². The van der Waals surface area contributed by atoms with Crippen LogP contribution in [-0.4, -0.2) is 27.4 Å². The van der Waals surface area contributed by atoms with Gasteiger partial charge < -0.3 is 13.9 Å². The Hall–Kier alpha value is -2.89. The normalized spacial score (nSPS) is 10.5. The van der Waals surface area contributed by atoms with Gasteiger partial charge in [-0.25, -0.2) is 9.78 Å². The lowest BCUT2D eigenvalue weighted by molar-refractivity contribution is 0.0595. The molecule has 6 nitrogen and oxygen atoms in total. The third-order valence-electron chi connectivity index (χ3n) is 3.07. The second-order valence-electron chi connectivity index (χ2n) is 4.34. The first kappa shape index (κ1) is 13.1. The van der Waals surface area contributed by atoms with Crippen LogP contribution in [0.2, 0.25) is 0 Å². The Morgan fingerprint density at radius 3 is 3.05 bits per heavy atom. The van der Waals surface area contributed by atoms with E-state index in [1.165, 1.54) is 19.5 Å². The second kappa shape index (κ2) is 5.62. The number of hydrogen-bond acceptors (Lipinski definition) is 5. The number of pyridine rings is 2. The van der Waals surface area contributed by atoms with Gasteiger partial charge >= 0.3 is 5.97 Å². The number of esters is 1. The minimum atomic E-state index is -0.452. The fourth-order valence-electron chi connectivity index (χ4n) is 2.05. The van der Waals surface area contributed by atoms with Crippen LogP contribution in [0.1, 0.15) is 15.9 Å². The van der Waals surface area contributed by atoms with E-state index in [2.05, 4.69) is 9.97 Å². The Morgan fingerprint density at radius 1 is 1.29 bits per heavy atom. The first-order valence-electron chi connectivity index (χ1n) is 6.35. The van der Waals surface area contributed by atoms with Gasteiger partial charge in [0.2, 0.25) is 0 Å². The minimum Gasteiger partial charge on any atom is -0.486 e. The van der Waals surface area contributed by atoms with E-state index >= 15 is 0 Å². The number of hydrogen-bond donors (Lipinski definition) is 0. The summed E-state index contributed by atoms with van der Waals surface area (Å²) in [6.07, 6.45) is 8.52. The summed E-state index contributed by atoms with van der Waals surface area (Å²) in [4.78, 5) is 19.9. The van der Waals surface area contributed by atoms with Crippen LogP contribution in [-0.2, 0) is 11.3 Å². The number of ether oxygens (including phenoxy) is 2. The number of rotatable bonds is 4. The number of nitrogens with zero attached hydrogens (tertiary/aromatic N) is 3. The van der Waals surface area contributed by atoms with Gasteiger partial charge in [0.25, 0.3) is 0 Å². The SMILES string of the molecule is COC(=O)c1ccncc1OCc1cccn2ccnc12. The van der Waals surface area contributed by atoms with Crippen molar-refractivity contribution in [2.45, 2.75) is 6.61 Å². The molecular formula is C15H13N3O3. The molecule has 0 saturated heterocycles. The summed E-state index contributed by atoms with van der Waals surface area (Å²) in [6, 6.07) is 5.41. The topological polar surface area (TPSA) is 65.7 Å². The van der Waals surface area contributed by atoms with E-state index in [9.17, 15) is 4.79 Å². The molecule has 0 bridgehead atoms. The number of carbonyl (C=O) groups is 1. The molecule has 0 fully saturated rings. The van der Waals surface area contributed by atoms with Crippen molar-refractivity contribution in [3.05, 3.63) is 60.3 Å². The van der Waals surface area contributed by atoms with Gasteiger partial charge in [0.15, 0.2) is 5.75 Å². The summed E-state index contributed by atoms with van der Waals surface area (Å²) in [5.41, 5.74) is 2.09. The molecule has 0 amide bonds. The van der Waals surface area contributed by atoms with Gasteiger partial charge in [-0.1, -0.05) is 6.07 Å². The van der Waals surface area contributed by atoms with E-state index < -0.39 is 5.97 Å². The van der Waals surface area contributed by atoms with E-state index in [1.807, 2.05) is 28.9 Å². The third kappa shape index (κ3) is 2.55. The van der Waals surface area contributed by atoms with Crippen molar-refractivity contribution in [1.82, 2.24) is 14.4 Å². The van der Waals surface area contributed by atoms with Gasteiger partial charge in [0.05, 0.1) is 13.3 Å². The molecule has 0 aliphatic rings. The second-order valence-corrected chi connectivity index (χ2v) is 4.34. The zero-order valence-corrected chi connectivity index (χ0v) is 11.4. The predicted molar refractivity (Wildman–Crippen MR) is 75.1 cm³/mol. The standard InChI is InChI=1S/C15H13N3O3/c1-20-15(19)12-4-5-16-9-13(12)21-10-11-3-2-7-18-8-6-17-14(11)18/h2-9H,10H2,1H3. The van der Waals surface area contributed by atoms with E-state index in [4.69, 9.17) is 9.47 Å². The number of imidazole rings is 1. The molecule has 0 aromatic carbocycles. The number of methoxy groups -OCH3 is 1. The van der Waals surface area contributed by atoms with Crippen LogP contribution in [0.15, 0.2) is 49.2 Å². The van der Waals surface area contributed by atoms with Crippen molar-refractivity contribution < 1.29 is 14.3 Å². The van der Waals surface area contributed by atoms with Gasteiger partial charge in [-0.15, -0.1) is 0 Å². The average Bonchev–Trinajstić information content (AvgIpc) is 3.01. The van der Waals surface area contributed by atoms with Crippen LogP contribution in [0.25, 0.3) is 5.65 Å². The number of carbonyl (C=O) groups excluding carboxylic acids is 1. The first-order valence-corrected chi connectivity index (χ1v) is 6.35. The van der Waals surface area contributed by atoms with E-state index in [0.717, 1.165) is 11.2 Å². The largest absolute Gasteiger partial charge is 0.486 e. The summed E-state index contributed by atoms with van der Waals surface area (Å²) < 4.78 is 12.3. The van der Waals surface area contributed by atoms with Gasteiger partial charge in [-0.3, -0.25) is 4.98 Å². The highest BCUT2D eigenvalue weighted by Crippen LogP contribution is 2.19. The summed E-state index contributed by atoms with van der Waals surface area (Å²) in [7, 11) is 1.33. The van der Waals surface area contributed by atoms with Crippen LogP contribution in [0.4, 0.5) is 0 Å². The fourth-order valence-corrected chi connectivity index (χ4v) is 2.05. The Bertz CT molecular complexity index is 782. The third-order valence-corrected chi connectivity index (χ3v) is 3.07. The van der Waals surface area contributed by atoms with Crippen molar-refractivity contribution >= 4 is 11.6 Å². The molecule has 3 heterocycles. The van der Waals surface area contributed by atoms with Crippen molar-refractivity contribution in [3.8, 4) is 5.75 Å². The zero-order chi connectivity index (χ0) is 14.7. The average molecular weight is 283 g/mol. The highest BCUT2D eigenvalue weighted by Gasteiger charge is 2.13. The minimum absolute atomic E-state index is 0.289. The fraction of sp³-hybridized carbons (Fsp3) is 0.133. The van der Waals surface area contributed by atoms with Crippen molar-refractivity contribution in [2.24, 2.45) is 0 Å². The Kier molecular flexibility index (Phi) is 3.51. The smallest absolute Gasteiger partial charge is 0.341 e.